The van der Waals surface area contributed by atoms with E-state index in [0.29, 0.717) is 4.90 Å². The van der Waals surface area contributed by atoms with Crippen LogP contribution >= 0.6 is 0 Å². The zero-order chi connectivity index (χ0) is 18.2. The second kappa shape index (κ2) is 5.98. The number of alkyl halides is 3. The van der Waals surface area contributed by atoms with E-state index >= 15 is 0 Å². The van der Waals surface area contributed by atoms with Crippen LogP contribution in [0.4, 0.5) is 24.5 Å². The highest BCUT2D eigenvalue weighted by Crippen LogP contribution is 2.38. The highest BCUT2D eigenvalue weighted by Gasteiger charge is 2.53. The number of rotatable bonds is 3. The number of likely N-dealkylation sites (tertiary alicyclic amines) is 1. The van der Waals surface area contributed by atoms with Crippen molar-refractivity contribution in [2.45, 2.75) is 6.18 Å². The maximum absolute atomic E-state index is 12.9. The summed E-state index contributed by atoms with van der Waals surface area (Å²) in [7, 11) is 0. The highest BCUT2D eigenvalue weighted by atomic mass is 19.4. The number of carboxylic acids is 1. The molecule has 1 heterocycles. The van der Waals surface area contributed by atoms with Crippen molar-refractivity contribution in [1.29, 1.82) is 0 Å². The molecule has 0 spiro atoms. The van der Waals surface area contributed by atoms with Crippen LogP contribution in [0.5, 0.6) is 0 Å². The summed E-state index contributed by atoms with van der Waals surface area (Å²) in [5, 5.41) is 19.7. The maximum atomic E-state index is 12.9. The first kappa shape index (κ1) is 17.5. The van der Waals surface area contributed by atoms with Gasteiger partial charge in [0.1, 0.15) is 0 Å². The number of nitro benzene ring substituents is 1. The Morgan fingerprint density at radius 1 is 1.33 bits per heavy atom. The second-order valence-corrected chi connectivity index (χ2v) is 5.33. The van der Waals surface area contributed by atoms with E-state index in [2.05, 4.69) is 0 Å². The van der Waals surface area contributed by atoms with E-state index in [0.717, 1.165) is 18.2 Å². The SMILES string of the molecule is Nc1ccc([N+](=O)[O-])cc1C(=O)N1C[C@@H](C(F)(F)F)[C@H](C(=O)O)C1. The smallest absolute Gasteiger partial charge is 0.394 e. The van der Waals surface area contributed by atoms with E-state index in [1.807, 2.05) is 0 Å². The van der Waals surface area contributed by atoms with Crippen LogP contribution < -0.4 is 5.73 Å². The van der Waals surface area contributed by atoms with Gasteiger partial charge >= 0.3 is 12.1 Å². The molecule has 0 bridgehead atoms. The highest BCUT2D eigenvalue weighted by molar-refractivity contribution is 6.00. The number of aliphatic carboxylic acids is 1. The third kappa shape index (κ3) is 3.24. The Labute approximate surface area is 132 Å². The lowest BCUT2D eigenvalue weighted by atomic mass is 9.96. The first-order chi connectivity index (χ1) is 11.0. The molecule has 0 aromatic heterocycles. The van der Waals surface area contributed by atoms with Crippen molar-refractivity contribution < 1.29 is 32.8 Å². The molecule has 11 heteroatoms. The van der Waals surface area contributed by atoms with Crippen molar-refractivity contribution in [2.75, 3.05) is 18.8 Å². The number of nitrogens with zero attached hydrogens (tertiary/aromatic N) is 2. The van der Waals surface area contributed by atoms with Gasteiger partial charge in [-0.3, -0.25) is 19.7 Å². The number of hydrogen-bond acceptors (Lipinski definition) is 5. The van der Waals surface area contributed by atoms with E-state index in [4.69, 9.17) is 10.8 Å². The largest absolute Gasteiger partial charge is 0.481 e. The molecule has 1 aliphatic rings. The van der Waals surface area contributed by atoms with Crippen molar-refractivity contribution in [3.05, 3.63) is 33.9 Å². The fourth-order valence-corrected chi connectivity index (χ4v) is 2.56. The Kier molecular flexibility index (Phi) is 4.36. The summed E-state index contributed by atoms with van der Waals surface area (Å²) in [6.45, 7) is -1.50. The molecule has 2 atom stereocenters. The number of nitrogen functional groups attached to an aromatic ring is 1. The molecule has 24 heavy (non-hydrogen) atoms. The van der Waals surface area contributed by atoms with Gasteiger partial charge in [0, 0.05) is 30.9 Å². The molecule has 1 amide bonds. The number of halogens is 3. The molecular weight excluding hydrogens is 335 g/mol. The van der Waals surface area contributed by atoms with E-state index in [1.165, 1.54) is 0 Å². The van der Waals surface area contributed by atoms with Gasteiger partial charge in [-0.15, -0.1) is 0 Å². The van der Waals surface area contributed by atoms with Gasteiger partial charge in [0.15, 0.2) is 0 Å². The number of amides is 1. The summed E-state index contributed by atoms with van der Waals surface area (Å²) in [4.78, 5) is 34.0. The number of anilines is 1. The molecule has 1 aromatic rings. The van der Waals surface area contributed by atoms with Gasteiger partial charge in [-0.2, -0.15) is 13.2 Å². The van der Waals surface area contributed by atoms with Crippen LogP contribution in [-0.4, -0.2) is 46.1 Å². The van der Waals surface area contributed by atoms with E-state index in [-0.39, 0.29) is 11.3 Å². The van der Waals surface area contributed by atoms with E-state index in [1.54, 1.807) is 0 Å². The Bertz CT molecular complexity index is 707. The predicted molar refractivity (Wildman–Crippen MR) is 74.1 cm³/mol. The number of nitro groups is 1. The van der Waals surface area contributed by atoms with Crippen LogP contribution in [0.3, 0.4) is 0 Å². The molecule has 0 aliphatic carbocycles. The van der Waals surface area contributed by atoms with Crippen molar-refractivity contribution in [3.8, 4) is 0 Å². The molecule has 3 N–H and O–H groups in total. The van der Waals surface area contributed by atoms with Gasteiger partial charge in [0.25, 0.3) is 11.6 Å². The lowest BCUT2D eigenvalue weighted by Crippen LogP contribution is -2.34. The molecule has 1 aromatic carbocycles. The van der Waals surface area contributed by atoms with Crippen molar-refractivity contribution in [3.63, 3.8) is 0 Å². The number of benzene rings is 1. The third-order valence-corrected chi connectivity index (χ3v) is 3.82. The Hall–Kier alpha value is -2.85. The Morgan fingerprint density at radius 3 is 2.42 bits per heavy atom. The fraction of sp³-hybridized carbons (Fsp3) is 0.385. The predicted octanol–water partition coefficient (Wildman–Crippen LogP) is 1.51. The molecule has 8 nitrogen and oxygen atoms in total. The monoisotopic (exact) mass is 347 g/mol. The van der Waals surface area contributed by atoms with Gasteiger partial charge in [-0.25, -0.2) is 0 Å². The summed E-state index contributed by atoms with van der Waals surface area (Å²) >= 11 is 0. The average molecular weight is 347 g/mol. The van der Waals surface area contributed by atoms with Crippen LogP contribution in [0.15, 0.2) is 18.2 Å². The maximum Gasteiger partial charge on any atom is 0.394 e. The van der Waals surface area contributed by atoms with Crippen molar-refractivity contribution in [2.24, 2.45) is 11.8 Å². The lowest BCUT2D eigenvalue weighted by Gasteiger charge is -2.18. The second-order valence-electron chi connectivity index (χ2n) is 5.33. The molecule has 1 aliphatic heterocycles. The van der Waals surface area contributed by atoms with Gasteiger partial charge in [-0.05, 0) is 6.07 Å². The summed E-state index contributed by atoms with van der Waals surface area (Å²) in [6.07, 6.45) is -4.79. The molecule has 0 radical (unpaired) electrons. The van der Waals surface area contributed by atoms with Crippen LogP contribution in [0, 0.1) is 22.0 Å². The van der Waals surface area contributed by atoms with Gasteiger partial charge in [0.05, 0.1) is 22.3 Å². The molecule has 130 valence electrons. The zero-order valence-electron chi connectivity index (χ0n) is 12.0. The minimum Gasteiger partial charge on any atom is -0.481 e. The van der Waals surface area contributed by atoms with E-state index in [9.17, 15) is 32.9 Å². The molecule has 1 fully saturated rings. The van der Waals surface area contributed by atoms with E-state index < -0.39 is 53.6 Å². The number of hydrogen-bond donors (Lipinski definition) is 2. The van der Waals surface area contributed by atoms with Gasteiger partial charge < -0.3 is 15.7 Å². The number of carboxylic acid groups (broad SMARTS) is 1. The summed E-state index contributed by atoms with van der Waals surface area (Å²) in [5.74, 6) is -6.65. The Balaban J connectivity index is 2.33. The quantitative estimate of drug-likeness (QED) is 0.485. The van der Waals surface area contributed by atoms with Crippen LogP contribution in [-0.2, 0) is 4.79 Å². The topological polar surface area (TPSA) is 127 Å². The first-order valence-corrected chi connectivity index (χ1v) is 6.65. The number of carbonyl (C=O) groups excluding carboxylic acids is 1. The van der Waals surface area contributed by atoms with Gasteiger partial charge in [-0.1, -0.05) is 0 Å². The lowest BCUT2D eigenvalue weighted by molar-refractivity contribution is -0.384. The minimum atomic E-state index is -4.79. The van der Waals surface area contributed by atoms with Crippen LogP contribution in [0.1, 0.15) is 10.4 Å². The standard InChI is InChI=1S/C13H12F3N3O5/c14-13(15,16)9-5-18(4-8(9)12(21)22)11(20)7-3-6(19(23)24)1-2-10(7)17/h1-3,8-9H,4-5,17H2,(H,21,22)/t8-,9-/m1/s1. The number of nitrogens with two attached hydrogens (primary N) is 1. The van der Waals surface area contributed by atoms with Crippen molar-refractivity contribution >= 4 is 23.3 Å². The molecule has 1 saturated heterocycles. The number of carbonyl (C=O) groups is 2. The summed E-state index contributed by atoms with van der Waals surface area (Å²) in [5.41, 5.74) is 4.63. The van der Waals surface area contributed by atoms with Crippen LogP contribution in [0.25, 0.3) is 0 Å². The van der Waals surface area contributed by atoms with Crippen LogP contribution in [0.2, 0.25) is 0 Å². The fourth-order valence-electron chi connectivity index (χ4n) is 2.56. The summed E-state index contributed by atoms with van der Waals surface area (Å²) < 4.78 is 38.8. The zero-order valence-corrected chi connectivity index (χ0v) is 12.0. The molecule has 0 unspecified atom stereocenters. The third-order valence-electron chi connectivity index (χ3n) is 3.82. The molecule has 0 saturated carbocycles. The normalized spacial score (nSPS) is 20.9. The molecular formula is C13H12F3N3O5. The van der Waals surface area contributed by atoms with Crippen molar-refractivity contribution in [1.82, 2.24) is 4.90 Å². The first-order valence-electron chi connectivity index (χ1n) is 6.65. The number of non-ortho nitro benzene ring substituents is 1. The Morgan fingerprint density at radius 2 is 1.96 bits per heavy atom. The van der Waals surface area contributed by atoms with Gasteiger partial charge in [0.2, 0.25) is 0 Å². The summed E-state index contributed by atoms with van der Waals surface area (Å²) in [6, 6.07) is 3.00. The minimum absolute atomic E-state index is 0.145. The molecule has 2 rings (SSSR count). The average Bonchev–Trinajstić information content (AvgIpc) is 2.92.